The average molecular weight is 195 g/mol. The van der Waals surface area contributed by atoms with Gasteiger partial charge in [-0.1, -0.05) is 13.0 Å². The smallest absolute Gasteiger partial charge is 0.0878 e. The van der Waals surface area contributed by atoms with E-state index in [4.69, 9.17) is 0 Å². The molecule has 78 valence electrons. The molecule has 0 aromatic carbocycles. The van der Waals surface area contributed by atoms with Gasteiger partial charge in [-0.2, -0.15) is 0 Å². The quantitative estimate of drug-likeness (QED) is 0.757. The van der Waals surface area contributed by atoms with Crippen molar-refractivity contribution in [2.75, 3.05) is 0 Å². The van der Waals surface area contributed by atoms with Gasteiger partial charge in [-0.15, -0.1) is 0 Å². The molecule has 0 bridgehead atoms. The fourth-order valence-corrected chi connectivity index (χ4v) is 1.20. The van der Waals surface area contributed by atoms with Gasteiger partial charge in [0.15, 0.2) is 0 Å². The Hall–Kier alpha value is -0.930. The lowest BCUT2D eigenvalue weighted by Gasteiger charge is -2.27. The zero-order valence-electron chi connectivity index (χ0n) is 8.64. The van der Waals surface area contributed by atoms with Crippen LogP contribution >= 0.6 is 0 Å². The van der Waals surface area contributed by atoms with Crippen molar-refractivity contribution in [3.8, 4) is 0 Å². The second-order valence-electron chi connectivity index (χ2n) is 3.79. The van der Waals surface area contributed by atoms with Gasteiger partial charge in [0.1, 0.15) is 0 Å². The van der Waals surface area contributed by atoms with Crippen molar-refractivity contribution in [2.24, 2.45) is 0 Å². The van der Waals surface area contributed by atoms with Crippen LogP contribution in [0.2, 0.25) is 0 Å². The number of aliphatic hydroxyl groups excluding tert-OH is 1. The van der Waals surface area contributed by atoms with Gasteiger partial charge in [-0.25, -0.2) is 0 Å². The zero-order valence-corrected chi connectivity index (χ0v) is 8.64. The van der Waals surface area contributed by atoms with Gasteiger partial charge < -0.3 is 10.2 Å². The van der Waals surface area contributed by atoms with Crippen LogP contribution in [0, 0.1) is 0 Å². The summed E-state index contributed by atoms with van der Waals surface area (Å²) >= 11 is 0. The lowest BCUT2D eigenvalue weighted by molar-refractivity contribution is -0.0629. The molecule has 0 spiro atoms. The van der Waals surface area contributed by atoms with Gasteiger partial charge in [0.2, 0.25) is 0 Å². The molecule has 0 amide bonds. The molecule has 0 aliphatic heterocycles. The molecule has 14 heavy (non-hydrogen) atoms. The number of pyridine rings is 1. The first-order chi connectivity index (χ1) is 6.56. The van der Waals surface area contributed by atoms with E-state index >= 15 is 0 Å². The molecule has 1 heterocycles. The van der Waals surface area contributed by atoms with Crippen LogP contribution in [-0.4, -0.2) is 26.9 Å². The first-order valence-corrected chi connectivity index (χ1v) is 4.85. The van der Waals surface area contributed by atoms with Crippen LogP contribution in [0.25, 0.3) is 0 Å². The topological polar surface area (TPSA) is 53.4 Å². The van der Waals surface area contributed by atoms with Gasteiger partial charge in [0, 0.05) is 18.8 Å². The van der Waals surface area contributed by atoms with E-state index < -0.39 is 11.7 Å². The van der Waals surface area contributed by atoms with Crippen LogP contribution in [0.4, 0.5) is 0 Å². The van der Waals surface area contributed by atoms with Gasteiger partial charge in [0.25, 0.3) is 0 Å². The summed E-state index contributed by atoms with van der Waals surface area (Å²) in [6.07, 6.45) is 3.63. The molecule has 2 N–H and O–H groups in total. The summed E-state index contributed by atoms with van der Waals surface area (Å²) in [5.74, 6) is 0. The number of hydrogen-bond donors (Lipinski definition) is 2. The van der Waals surface area contributed by atoms with Gasteiger partial charge in [-0.05, 0) is 25.0 Å². The highest BCUT2D eigenvalue weighted by atomic mass is 16.3. The van der Waals surface area contributed by atoms with Crippen LogP contribution in [0.1, 0.15) is 25.8 Å². The highest BCUT2D eigenvalue weighted by Gasteiger charge is 2.27. The van der Waals surface area contributed by atoms with Crippen molar-refractivity contribution in [2.45, 2.75) is 38.4 Å². The Morgan fingerprint density at radius 1 is 1.57 bits per heavy atom. The molecule has 3 heteroatoms. The molecule has 1 aromatic heterocycles. The minimum atomic E-state index is -1.02. The maximum absolute atomic E-state index is 9.78. The molecule has 0 aliphatic carbocycles. The first-order valence-electron chi connectivity index (χ1n) is 4.85. The van der Waals surface area contributed by atoms with E-state index in [0.717, 1.165) is 5.56 Å². The number of nitrogens with zero attached hydrogens (tertiary/aromatic N) is 1. The Morgan fingerprint density at radius 3 is 2.79 bits per heavy atom. The third-order valence-electron chi connectivity index (χ3n) is 2.59. The molecule has 3 nitrogen and oxygen atoms in total. The standard InChI is InChI=1S/C11H17NO2/c1-3-11(2,14)10(13)7-9-5-4-6-12-8-9/h4-6,8,10,13-14H,3,7H2,1-2H3. The van der Waals surface area contributed by atoms with Crippen LogP contribution < -0.4 is 0 Å². The summed E-state index contributed by atoms with van der Waals surface area (Å²) in [4.78, 5) is 3.95. The SMILES string of the molecule is CCC(C)(O)C(O)Cc1cccnc1. The monoisotopic (exact) mass is 195 g/mol. The van der Waals surface area contributed by atoms with Crippen molar-refractivity contribution in [1.82, 2.24) is 4.98 Å². The zero-order chi connectivity index (χ0) is 10.6. The predicted molar refractivity (Wildman–Crippen MR) is 54.9 cm³/mol. The van der Waals surface area contributed by atoms with Crippen LogP contribution in [0.5, 0.6) is 0 Å². The lowest BCUT2D eigenvalue weighted by atomic mass is 9.92. The normalized spacial score (nSPS) is 17.4. The van der Waals surface area contributed by atoms with Crippen LogP contribution in [-0.2, 0) is 6.42 Å². The Morgan fingerprint density at radius 2 is 2.29 bits per heavy atom. The van der Waals surface area contributed by atoms with E-state index in [-0.39, 0.29) is 0 Å². The summed E-state index contributed by atoms with van der Waals surface area (Å²) in [6.45, 7) is 3.50. The summed E-state index contributed by atoms with van der Waals surface area (Å²) < 4.78 is 0. The Kier molecular flexibility index (Phi) is 3.61. The molecule has 2 unspecified atom stereocenters. The second-order valence-corrected chi connectivity index (χ2v) is 3.79. The molecule has 0 fully saturated rings. The van der Waals surface area contributed by atoms with Gasteiger partial charge in [0.05, 0.1) is 11.7 Å². The minimum Gasteiger partial charge on any atom is -0.390 e. The van der Waals surface area contributed by atoms with Crippen molar-refractivity contribution in [1.29, 1.82) is 0 Å². The van der Waals surface area contributed by atoms with E-state index in [1.807, 2.05) is 19.1 Å². The van der Waals surface area contributed by atoms with E-state index in [9.17, 15) is 10.2 Å². The molecule has 0 saturated carbocycles. The summed E-state index contributed by atoms with van der Waals surface area (Å²) in [7, 11) is 0. The summed E-state index contributed by atoms with van der Waals surface area (Å²) in [5.41, 5.74) is -0.0794. The maximum Gasteiger partial charge on any atom is 0.0878 e. The average Bonchev–Trinajstić information content (AvgIpc) is 2.19. The fraction of sp³-hybridized carbons (Fsp3) is 0.545. The van der Waals surface area contributed by atoms with Crippen LogP contribution in [0.15, 0.2) is 24.5 Å². The molecule has 1 aromatic rings. The van der Waals surface area contributed by atoms with Gasteiger partial charge >= 0.3 is 0 Å². The van der Waals surface area contributed by atoms with Crippen molar-refractivity contribution >= 4 is 0 Å². The third kappa shape index (κ3) is 2.79. The predicted octanol–water partition coefficient (Wildman–Crippen LogP) is 1.15. The van der Waals surface area contributed by atoms with Crippen molar-refractivity contribution in [3.63, 3.8) is 0 Å². The maximum atomic E-state index is 9.78. The van der Waals surface area contributed by atoms with E-state index in [1.165, 1.54) is 0 Å². The summed E-state index contributed by atoms with van der Waals surface area (Å²) in [5, 5.41) is 19.5. The fourth-order valence-electron chi connectivity index (χ4n) is 1.20. The number of aromatic nitrogens is 1. The molecule has 0 saturated heterocycles. The molecule has 1 rings (SSSR count). The molecule has 2 atom stereocenters. The molecule has 0 radical (unpaired) electrons. The second kappa shape index (κ2) is 4.53. The van der Waals surface area contributed by atoms with E-state index in [2.05, 4.69) is 4.98 Å². The number of hydrogen-bond acceptors (Lipinski definition) is 3. The third-order valence-corrected chi connectivity index (χ3v) is 2.59. The molecular formula is C11H17NO2. The van der Waals surface area contributed by atoms with Crippen LogP contribution in [0.3, 0.4) is 0 Å². The lowest BCUT2D eigenvalue weighted by Crippen LogP contribution is -2.39. The van der Waals surface area contributed by atoms with Gasteiger partial charge in [-0.3, -0.25) is 4.98 Å². The first kappa shape index (κ1) is 11.1. The largest absolute Gasteiger partial charge is 0.390 e. The highest BCUT2D eigenvalue weighted by molar-refractivity contribution is 5.10. The Labute approximate surface area is 84.4 Å². The van der Waals surface area contributed by atoms with E-state index in [0.29, 0.717) is 12.8 Å². The highest BCUT2D eigenvalue weighted by Crippen LogP contribution is 2.17. The molecule has 0 aliphatic rings. The number of rotatable bonds is 4. The van der Waals surface area contributed by atoms with Crippen molar-refractivity contribution < 1.29 is 10.2 Å². The Balaban J connectivity index is 2.62. The minimum absolute atomic E-state index is 0.439. The molecular weight excluding hydrogens is 178 g/mol. The Bertz CT molecular complexity index is 272. The summed E-state index contributed by atoms with van der Waals surface area (Å²) in [6, 6.07) is 3.71. The van der Waals surface area contributed by atoms with Crippen molar-refractivity contribution in [3.05, 3.63) is 30.1 Å². The van der Waals surface area contributed by atoms with E-state index in [1.54, 1.807) is 19.3 Å². The number of aliphatic hydroxyl groups is 2.